The van der Waals surface area contributed by atoms with E-state index in [-0.39, 0.29) is 0 Å². The SMILES string of the molecule is CCCCC(NC)c1ncc(-c2ccccc2)[nH]1. The molecule has 0 bridgehead atoms. The van der Waals surface area contributed by atoms with Crippen LogP contribution in [0.2, 0.25) is 0 Å². The first kappa shape index (κ1) is 12.8. The molecule has 0 saturated carbocycles. The van der Waals surface area contributed by atoms with E-state index in [0.29, 0.717) is 6.04 Å². The number of aromatic amines is 1. The molecule has 0 aliphatic rings. The highest BCUT2D eigenvalue weighted by atomic mass is 15.0. The van der Waals surface area contributed by atoms with E-state index in [4.69, 9.17) is 0 Å². The lowest BCUT2D eigenvalue weighted by molar-refractivity contribution is 0.502. The van der Waals surface area contributed by atoms with Crippen LogP contribution < -0.4 is 5.32 Å². The number of H-pyrrole nitrogens is 1. The van der Waals surface area contributed by atoms with Gasteiger partial charge in [-0.05, 0) is 19.0 Å². The highest BCUT2D eigenvalue weighted by Gasteiger charge is 2.12. The molecule has 3 heteroatoms. The Morgan fingerprint density at radius 1 is 1.28 bits per heavy atom. The lowest BCUT2D eigenvalue weighted by atomic mass is 10.1. The second kappa shape index (κ2) is 6.36. The van der Waals surface area contributed by atoms with Gasteiger partial charge in [0.15, 0.2) is 0 Å². The van der Waals surface area contributed by atoms with Crippen LogP contribution in [-0.4, -0.2) is 17.0 Å². The van der Waals surface area contributed by atoms with Crippen LogP contribution in [0.1, 0.15) is 38.1 Å². The number of unbranched alkanes of at least 4 members (excludes halogenated alkanes) is 1. The van der Waals surface area contributed by atoms with Crippen LogP contribution in [0.25, 0.3) is 11.3 Å². The Morgan fingerprint density at radius 2 is 2.06 bits per heavy atom. The molecule has 0 amide bonds. The molecule has 96 valence electrons. The minimum atomic E-state index is 0.322. The van der Waals surface area contributed by atoms with Gasteiger partial charge in [0.1, 0.15) is 5.82 Å². The van der Waals surface area contributed by atoms with Crippen LogP contribution in [0, 0.1) is 0 Å². The van der Waals surface area contributed by atoms with Crippen molar-refractivity contribution in [2.45, 2.75) is 32.2 Å². The maximum atomic E-state index is 4.50. The van der Waals surface area contributed by atoms with Gasteiger partial charge >= 0.3 is 0 Å². The Kier molecular flexibility index (Phi) is 4.53. The average molecular weight is 243 g/mol. The number of benzene rings is 1. The van der Waals surface area contributed by atoms with E-state index in [1.165, 1.54) is 18.4 Å². The van der Waals surface area contributed by atoms with Crippen LogP contribution in [-0.2, 0) is 0 Å². The average Bonchev–Trinajstić information content (AvgIpc) is 2.90. The van der Waals surface area contributed by atoms with Crippen LogP contribution in [0.5, 0.6) is 0 Å². The third-order valence-electron chi connectivity index (χ3n) is 3.21. The predicted molar refractivity (Wildman–Crippen MR) is 75.3 cm³/mol. The first-order chi connectivity index (χ1) is 8.85. The van der Waals surface area contributed by atoms with Crippen molar-refractivity contribution < 1.29 is 0 Å². The standard InChI is InChI=1S/C15H21N3/c1-3-4-10-13(16-2)15-17-11-14(18-15)12-8-6-5-7-9-12/h5-9,11,13,16H,3-4,10H2,1-2H3,(H,17,18). The molecule has 18 heavy (non-hydrogen) atoms. The van der Waals surface area contributed by atoms with E-state index in [9.17, 15) is 0 Å². The zero-order valence-corrected chi connectivity index (χ0v) is 11.1. The summed E-state index contributed by atoms with van der Waals surface area (Å²) >= 11 is 0. The van der Waals surface area contributed by atoms with Gasteiger partial charge in [-0.2, -0.15) is 0 Å². The van der Waals surface area contributed by atoms with Gasteiger partial charge in [-0.25, -0.2) is 4.98 Å². The molecule has 2 aromatic rings. The molecular formula is C15H21N3. The zero-order chi connectivity index (χ0) is 12.8. The van der Waals surface area contributed by atoms with Gasteiger partial charge in [0.2, 0.25) is 0 Å². The maximum Gasteiger partial charge on any atom is 0.123 e. The Hall–Kier alpha value is -1.61. The molecular weight excluding hydrogens is 222 g/mol. The van der Waals surface area contributed by atoms with Crippen molar-refractivity contribution in [2.24, 2.45) is 0 Å². The Balaban J connectivity index is 2.14. The minimum Gasteiger partial charge on any atom is -0.341 e. The van der Waals surface area contributed by atoms with Gasteiger partial charge in [0, 0.05) is 0 Å². The van der Waals surface area contributed by atoms with Gasteiger partial charge in [0.05, 0.1) is 17.9 Å². The van der Waals surface area contributed by atoms with Crippen LogP contribution in [0.3, 0.4) is 0 Å². The summed E-state index contributed by atoms with van der Waals surface area (Å²) in [4.78, 5) is 7.91. The lowest BCUT2D eigenvalue weighted by Gasteiger charge is -2.12. The normalized spacial score (nSPS) is 12.6. The topological polar surface area (TPSA) is 40.7 Å². The van der Waals surface area contributed by atoms with Crippen molar-refractivity contribution in [3.63, 3.8) is 0 Å². The fraction of sp³-hybridized carbons (Fsp3) is 0.400. The monoisotopic (exact) mass is 243 g/mol. The van der Waals surface area contributed by atoms with Crippen LogP contribution >= 0.6 is 0 Å². The number of hydrogen-bond donors (Lipinski definition) is 2. The van der Waals surface area contributed by atoms with Gasteiger partial charge < -0.3 is 10.3 Å². The third-order valence-corrected chi connectivity index (χ3v) is 3.21. The second-order valence-electron chi connectivity index (χ2n) is 4.53. The van der Waals surface area contributed by atoms with Crippen molar-refractivity contribution in [3.05, 3.63) is 42.4 Å². The summed E-state index contributed by atoms with van der Waals surface area (Å²) in [7, 11) is 1.99. The molecule has 0 aliphatic heterocycles. The first-order valence-electron chi connectivity index (χ1n) is 6.62. The summed E-state index contributed by atoms with van der Waals surface area (Å²) in [6, 6.07) is 10.6. The van der Waals surface area contributed by atoms with Crippen molar-refractivity contribution in [3.8, 4) is 11.3 Å². The van der Waals surface area contributed by atoms with E-state index in [1.54, 1.807) is 0 Å². The van der Waals surface area contributed by atoms with Crippen LogP contribution in [0.15, 0.2) is 36.5 Å². The highest BCUT2D eigenvalue weighted by Crippen LogP contribution is 2.21. The maximum absolute atomic E-state index is 4.50. The molecule has 0 aliphatic carbocycles. The molecule has 3 nitrogen and oxygen atoms in total. The number of nitrogens with one attached hydrogen (secondary N) is 2. The summed E-state index contributed by atoms with van der Waals surface area (Å²) in [6.07, 6.45) is 5.47. The molecule has 0 fully saturated rings. The molecule has 1 atom stereocenters. The van der Waals surface area contributed by atoms with E-state index in [0.717, 1.165) is 17.9 Å². The van der Waals surface area contributed by atoms with E-state index < -0.39 is 0 Å². The largest absolute Gasteiger partial charge is 0.341 e. The second-order valence-corrected chi connectivity index (χ2v) is 4.53. The van der Waals surface area contributed by atoms with Crippen molar-refractivity contribution in [1.29, 1.82) is 0 Å². The number of nitrogens with zero attached hydrogens (tertiary/aromatic N) is 1. The number of rotatable bonds is 6. The molecule has 1 unspecified atom stereocenters. The summed E-state index contributed by atoms with van der Waals surface area (Å²) in [5.74, 6) is 1.03. The molecule has 1 heterocycles. The fourth-order valence-electron chi connectivity index (χ4n) is 2.10. The molecule has 0 spiro atoms. The minimum absolute atomic E-state index is 0.322. The summed E-state index contributed by atoms with van der Waals surface area (Å²) in [5.41, 5.74) is 2.27. The molecule has 0 saturated heterocycles. The van der Waals surface area contributed by atoms with Gasteiger partial charge in [-0.1, -0.05) is 50.1 Å². The van der Waals surface area contributed by atoms with Crippen molar-refractivity contribution in [1.82, 2.24) is 15.3 Å². The Bertz CT molecular complexity index is 462. The van der Waals surface area contributed by atoms with E-state index in [1.807, 2.05) is 31.4 Å². The van der Waals surface area contributed by atoms with Crippen LogP contribution in [0.4, 0.5) is 0 Å². The zero-order valence-electron chi connectivity index (χ0n) is 11.1. The number of imidazole rings is 1. The molecule has 2 N–H and O–H groups in total. The predicted octanol–water partition coefficient (Wildman–Crippen LogP) is 3.53. The lowest BCUT2D eigenvalue weighted by Crippen LogP contribution is -2.17. The third kappa shape index (κ3) is 2.99. The summed E-state index contributed by atoms with van der Waals surface area (Å²) in [5, 5.41) is 3.32. The highest BCUT2D eigenvalue weighted by molar-refractivity contribution is 5.58. The van der Waals surface area contributed by atoms with Crippen molar-refractivity contribution >= 4 is 0 Å². The van der Waals surface area contributed by atoms with Gasteiger partial charge in [0.25, 0.3) is 0 Å². The molecule has 2 rings (SSSR count). The Labute approximate surface area is 109 Å². The molecule has 1 aromatic heterocycles. The van der Waals surface area contributed by atoms with E-state index >= 15 is 0 Å². The van der Waals surface area contributed by atoms with Gasteiger partial charge in [-0.15, -0.1) is 0 Å². The smallest absolute Gasteiger partial charge is 0.123 e. The number of aromatic nitrogens is 2. The summed E-state index contributed by atoms with van der Waals surface area (Å²) in [6.45, 7) is 2.21. The quantitative estimate of drug-likeness (QED) is 0.815. The first-order valence-corrected chi connectivity index (χ1v) is 6.62. The van der Waals surface area contributed by atoms with Gasteiger partial charge in [-0.3, -0.25) is 0 Å². The van der Waals surface area contributed by atoms with E-state index in [2.05, 4.69) is 34.3 Å². The fourth-order valence-corrected chi connectivity index (χ4v) is 2.10. The number of hydrogen-bond acceptors (Lipinski definition) is 2. The molecule has 1 aromatic carbocycles. The molecule has 0 radical (unpaired) electrons. The summed E-state index contributed by atoms with van der Waals surface area (Å²) < 4.78 is 0. The Morgan fingerprint density at radius 3 is 2.72 bits per heavy atom. The van der Waals surface area contributed by atoms with Crippen molar-refractivity contribution in [2.75, 3.05) is 7.05 Å².